The van der Waals surface area contributed by atoms with Crippen LogP contribution in [0.15, 0.2) is 30.3 Å². The number of rotatable bonds is 6. The third-order valence-corrected chi connectivity index (χ3v) is 3.39. The van der Waals surface area contributed by atoms with Crippen LogP contribution in [0.25, 0.3) is 0 Å². The monoisotopic (exact) mass is 218 g/mol. The average molecular weight is 218 g/mol. The summed E-state index contributed by atoms with van der Waals surface area (Å²) in [4.78, 5) is 0. The van der Waals surface area contributed by atoms with Crippen molar-refractivity contribution >= 4 is 0 Å². The molecule has 0 bridgehead atoms. The third kappa shape index (κ3) is 3.32. The molecular weight excluding hydrogens is 196 g/mol. The second kappa shape index (κ2) is 4.98. The number of hydrogen-bond donors (Lipinski definition) is 2. The first-order valence-corrected chi connectivity index (χ1v) is 6.23. The SMILES string of the molecule is CC(CN)(CCc1ccccc1)NC1CC1. The van der Waals surface area contributed by atoms with Crippen LogP contribution in [0, 0.1) is 0 Å². The number of nitrogens with two attached hydrogens (primary N) is 1. The van der Waals surface area contributed by atoms with Crippen molar-refractivity contribution in [2.45, 2.75) is 44.2 Å². The largest absolute Gasteiger partial charge is 0.329 e. The quantitative estimate of drug-likeness (QED) is 0.767. The summed E-state index contributed by atoms with van der Waals surface area (Å²) in [5, 5.41) is 3.66. The summed E-state index contributed by atoms with van der Waals surface area (Å²) in [5.41, 5.74) is 7.40. The van der Waals surface area contributed by atoms with Crippen molar-refractivity contribution in [2.75, 3.05) is 6.54 Å². The van der Waals surface area contributed by atoms with E-state index in [1.165, 1.54) is 18.4 Å². The molecule has 0 heterocycles. The van der Waals surface area contributed by atoms with Gasteiger partial charge in [0, 0.05) is 18.1 Å². The first kappa shape index (κ1) is 11.6. The molecule has 1 atom stereocenters. The van der Waals surface area contributed by atoms with Gasteiger partial charge in [0.25, 0.3) is 0 Å². The van der Waals surface area contributed by atoms with Crippen LogP contribution in [-0.4, -0.2) is 18.1 Å². The minimum Gasteiger partial charge on any atom is -0.329 e. The maximum absolute atomic E-state index is 5.88. The predicted molar refractivity (Wildman–Crippen MR) is 68.4 cm³/mol. The molecule has 0 saturated heterocycles. The molecule has 0 amide bonds. The third-order valence-electron chi connectivity index (χ3n) is 3.39. The fraction of sp³-hybridized carbons (Fsp3) is 0.571. The highest BCUT2D eigenvalue weighted by molar-refractivity contribution is 5.15. The van der Waals surface area contributed by atoms with Gasteiger partial charge in [0.05, 0.1) is 0 Å². The van der Waals surface area contributed by atoms with Crippen molar-refractivity contribution in [3.05, 3.63) is 35.9 Å². The summed E-state index contributed by atoms with van der Waals surface area (Å²) in [5.74, 6) is 0. The summed E-state index contributed by atoms with van der Waals surface area (Å²) < 4.78 is 0. The van der Waals surface area contributed by atoms with Gasteiger partial charge in [0.2, 0.25) is 0 Å². The Hall–Kier alpha value is -0.860. The molecule has 3 N–H and O–H groups in total. The zero-order chi connectivity index (χ0) is 11.4. The summed E-state index contributed by atoms with van der Waals surface area (Å²) in [6.45, 7) is 2.96. The number of benzene rings is 1. The first-order valence-electron chi connectivity index (χ1n) is 6.23. The Morgan fingerprint density at radius 1 is 1.31 bits per heavy atom. The van der Waals surface area contributed by atoms with Crippen LogP contribution in [0.3, 0.4) is 0 Å². The lowest BCUT2D eigenvalue weighted by Crippen LogP contribution is -2.50. The average Bonchev–Trinajstić information content (AvgIpc) is 3.12. The van der Waals surface area contributed by atoms with Crippen LogP contribution in [0.1, 0.15) is 31.7 Å². The van der Waals surface area contributed by atoms with Gasteiger partial charge in [-0.3, -0.25) is 0 Å². The second-order valence-electron chi connectivity index (χ2n) is 5.17. The van der Waals surface area contributed by atoms with E-state index in [0.717, 1.165) is 25.4 Å². The van der Waals surface area contributed by atoms with Gasteiger partial charge in [-0.05, 0) is 38.2 Å². The minimum atomic E-state index is 0.108. The predicted octanol–water partition coefficient (Wildman–Crippen LogP) is 2.09. The Morgan fingerprint density at radius 2 is 2.00 bits per heavy atom. The van der Waals surface area contributed by atoms with E-state index in [1.807, 2.05) is 0 Å². The van der Waals surface area contributed by atoms with Crippen LogP contribution in [-0.2, 0) is 6.42 Å². The Bertz CT molecular complexity index is 319. The molecular formula is C14H22N2. The van der Waals surface area contributed by atoms with E-state index >= 15 is 0 Å². The van der Waals surface area contributed by atoms with Crippen LogP contribution < -0.4 is 11.1 Å². The molecule has 1 aliphatic carbocycles. The molecule has 1 aromatic carbocycles. The molecule has 1 aliphatic rings. The van der Waals surface area contributed by atoms with Gasteiger partial charge in [-0.25, -0.2) is 0 Å². The summed E-state index contributed by atoms with van der Waals surface area (Å²) in [6.07, 6.45) is 4.86. The molecule has 0 spiro atoms. The maximum Gasteiger partial charge on any atom is 0.0281 e. The van der Waals surface area contributed by atoms with Gasteiger partial charge in [0.1, 0.15) is 0 Å². The molecule has 1 fully saturated rings. The fourth-order valence-electron chi connectivity index (χ4n) is 2.02. The lowest BCUT2D eigenvalue weighted by Gasteiger charge is -2.29. The van der Waals surface area contributed by atoms with Crippen molar-refractivity contribution in [3.8, 4) is 0 Å². The molecule has 0 aromatic heterocycles. The number of nitrogens with one attached hydrogen (secondary N) is 1. The van der Waals surface area contributed by atoms with Gasteiger partial charge < -0.3 is 11.1 Å². The zero-order valence-electron chi connectivity index (χ0n) is 10.1. The topological polar surface area (TPSA) is 38.0 Å². The standard InChI is InChI=1S/C14H22N2/c1-14(11-15,16-13-7-8-13)10-9-12-5-3-2-4-6-12/h2-6,13,16H,7-11,15H2,1H3. The van der Waals surface area contributed by atoms with E-state index in [-0.39, 0.29) is 5.54 Å². The highest BCUT2D eigenvalue weighted by Crippen LogP contribution is 2.24. The Balaban J connectivity index is 1.86. The van der Waals surface area contributed by atoms with Gasteiger partial charge in [0.15, 0.2) is 0 Å². The zero-order valence-corrected chi connectivity index (χ0v) is 10.1. The van der Waals surface area contributed by atoms with E-state index < -0.39 is 0 Å². The van der Waals surface area contributed by atoms with Crippen molar-refractivity contribution in [3.63, 3.8) is 0 Å². The maximum atomic E-state index is 5.88. The van der Waals surface area contributed by atoms with Crippen LogP contribution >= 0.6 is 0 Å². The Labute approximate surface area is 98.2 Å². The van der Waals surface area contributed by atoms with Crippen LogP contribution in [0.2, 0.25) is 0 Å². The summed E-state index contributed by atoms with van der Waals surface area (Å²) >= 11 is 0. The van der Waals surface area contributed by atoms with Crippen molar-refractivity contribution < 1.29 is 0 Å². The van der Waals surface area contributed by atoms with Crippen LogP contribution in [0.5, 0.6) is 0 Å². The molecule has 0 radical (unpaired) electrons. The molecule has 88 valence electrons. The Morgan fingerprint density at radius 3 is 2.56 bits per heavy atom. The molecule has 1 saturated carbocycles. The highest BCUT2D eigenvalue weighted by Gasteiger charge is 2.30. The molecule has 1 unspecified atom stereocenters. The molecule has 2 heteroatoms. The summed E-state index contributed by atoms with van der Waals surface area (Å²) in [7, 11) is 0. The first-order chi connectivity index (χ1) is 7.72. The minimum absolute atomic E-state index is 0.108. The van der Waals surface area contributed by atoms with Gasteiger partial charge in [-0.15, -0.1) is 0 Å². The Kier molecular flexibility index (Phi) is 3.62. The lowest BCUT2D eigenvalue weighted by atomic mass is 9.93. The van der Waals surface area contributed by atoms with Crippen molar-refractivity contribution in [2.24, 2.45) is 5.73 Å². The van der Waals surface area contributed by atoms with Crippen molar-refractivity contribution in [1.82, 2.24) is 5.32 Å². The lowest BCUT2D eigenvalue weighted by molar-refractivity contribution is 0.336. The second-order valence-corrected chi connectivity index (χ2v) is 5.17. The van der Waals surface area contributed by atoms with E-state index in [1.54, 1.807) is 0 Å². The number of aryl methyl sites for hydroxylation is 1. The summed E-state index contributed by atoms with van der Waals surface area (Å²) in [6, 6.07) is 11.4. The molecule has 2 nitrogen and oxygen atoms in total. The van der Waals surface area contributed by atoms with Gasteiger partial charge in [-0.2, -0.15) is 0 Å². The highest BCUT2D eigenvalue weighted by atomic mass is 15.0. The van der Waals surface area contributed by atoms with Gasteiger partial charge in [-0.1, -0.05) is 30.3 Å². The normalized spacial score (nSPS) is 19.4. The van der Waals surface area contributed by atoms with E-state index in [0.29, 0.717) is 0 Å². The van der Waals surface area contributed by atoms with E-state index in [4.69, 9.17) is 5.73 Å². The molecule has 1 aromatic rings. The fourth-order valence-corrected chi connectivity index (χ4v) is 2.02. The molecule has 2 rings (SSSR count). The van der Waals surface area contributed by atoms with E-state index in [9.17, 15) is 0 Å². The van der Waals surface area contributed by atoms with Crippen LogP contribution in [0.4, 0.5) is 0 Å². The van der Waals surface area contributed by atoms with E-state index in [2.05, 4.69) is 42.6 Å². The molecule has 16 heavy (non-hydrogen) atoms. The smallest absolute Gasteiger partial charge is 0.0281 e. The van der Waals surface area contributed by atoms with Crippen molar-refractivity contribution in [1.29, 1.82) is 0 Å². The van der Waals surface area contributed by atoms with Gasteiger partial charge >= 0.3 is 0 Å². The molecule has 0 aliphatic heterocycles. The number of hydrogen-bond acceptors (Lipinski definition) is 2.